The second-order valence-corrected chi connectivity index (χ2v) is 8.67. The van der Waals surface area contributed by atoms with E-state index in [9.17, 15) is 14.4 Å². The molecule has 1 aliphatic rings. The van der Waals surface area contributed by atoms with Gasteiger partial charge in [-0.05, 0) is 87.7 Å². The Balaban J connectivity index is 1.81. The van der Waals surface area contributed by atoms with Crippen molar-refractivity contribution in [3.63, 3.8) is 0 Å². The van der Waals surface area contributed by atoms with Crippen LogP contribution in [0, 0.1) is 27.7 Å². The Morgan fingerprint density at radius 1 is 0.889 bits per heavy atom. The predicted molar refractivity (Wildman–Crippen MR) is 136 cm³/mol. The zero-order valence-electron chi connectivity index (χ0n) is 20.9. The van der Waals surface area contributed by atoms with Gasteiger partial charge in [-0.25, -0.2) is 9.59 Å². The minimum atomic E-state index is -0.959. The maximum atomic E-state index is 13.6. The Morgan fingerprint density at radius 2 is 1.56 bits per heavy atom. The molecule has 0 bridgehead atoms. The molecule has 0 saturated heterocycles. The van der Waals surface area contributed by atoms with Crippen molar-refractivity contribution < 1.29 is 28.6 Å². The third kappa shape index (κ3) is 5.00. The van der Waals surface area contributed by atoms with Crippen LogP contribution in [0.25, 0.3) is 0 Å². The molecule has 0 amide bonds. The van der Waals surface area contributed by atoms with Gasteiger partial charge in [-0.2, -0.15) is 0 Å². The molecule has 0 saturated carbocycles. The fourth-order valence-electron chi connectivity index (χ4n) is 4.12. The number of Topliss-reactive ketones (excluding diaryl/α,β-unsaturated/α-hetero) is 1. The minimum absolute atomic E-state index is 0.194. The molecule has 0 atom stereocenters. The summed E-state index contributed by atoms with van der Waals surface area (Å²) in [5.41, 5.74) is 3.33. The fraction of sp³-hybridized carbons (Fsp3) is 0.207. The van der Waals surface area contributed by atoms with Gasteiger partial charge in [0.15, 0.2) is 5.75 Å². The summed E-state index contributed by atoms with van der Waals surface area (Å²) in [6.07, 6.45) is 0. The van der Waals surface area contributed by atoms with Crippen molar-refractivity contribution in [3.8, 4) is 17.2 Å². The molecule has 4 rings (SSSR count). The van der Waals surface area contributed by atoms with Crippen molar-refractivity contribution in [1.29, 1.82) is 0 Å². The van der Waals surface area contributed by atoms with Gasteiger partial charge in [0.25, 0.3) is 0 Å². The highest BCUT2D eigenvalue weighted by Gasteiger charge is 2.34. The molecule has 1 heterocycles. The quantitative estimate of drug-likeness (QED) is 0.125. The molecule has 0 aromatic heterocycles. The van der Waals surface area contributed by atoms with Gasteiger partial charge in [-0.3, -0.25) is 4.79 Å². The first-order chi connectivity index (χ1) is 17.2. The third-order valence-corrected chi connectivity index (χ3v) is 5.71. The lowest BCUT2D eigenvalue weighted by Crippen LogP contribution is -2.31. The molecule has 0 fully saturated rings. The number of hydrogen-bond donors (Lipinski definition) is 1. The van der Waals surface area contributed by atoms with Crippen LogP contribution in [0.2, 0.25) is 0 Å². The van der Waals surface area contributed by atoms with Gasteiger partial charge in [-0.15, -0.1) is 0 Å². The van der Waals surface area contributed by atoms with E-state index in [1.165, 1.54) is 12.1 Å². The van der Waals surface area contributed by atoms with E-state index in [0.717, 1.165) is 22.3 Å². The fourth-order valence-corrected chi connectivity index (χ4v) is 4.12. The lowest BCUT2D eigenvalue weighted by molar-refractivity contribution is -0.133. The number of ketones is 1. The number of ether oxygens (including phenoxy) is 3. The Labute approximate surface area is 209 Å². The average molecular weight is 486 g/mol. The number of aryl methyl sites for hydroxylation is 4. The molecule has 1 N–H and O–H groups in total. The van der Waals surface area contributed by atoms with Crippen LogP contribution < -0.4 is 19.5 Å². The van der Waals surface area contributed by atoms with Gasteiger partial charge in [-0.1, -0.05) is 23.8 Å². The van der Waals surface area contributed by atoms with Gasteiger partial charge in [0.05, 0.1) is 12.3 Å². The second-order valence-electron chi connectivity index (χ2n) is 8.67. The Kier molecular flexibility index (Phi) is 6.92. The van der Waals surface area contributed by atoms with E-state index in [2.05, 4.69) is 5.32 Å². The summed E-state index contributed by atoms with van der Waals surface area (Å²) in [6.45, 7) is 9.78. The van der Waals surface area contributed by atoms with E-state index in [1.54, 1.807) is 30.3 Å². The smallest absolute Gasteiger partial charge is 0.361 e. The van der Waals surface area contributed by atoms with E-state index in [1.807, 2.05) is 46.8 Å². The van der Waals surface area contributed by atoms with Crippen molar-refractivity contribution in [1.82, 2.24) is 0 Å². The summed E-state index contributed by atoms with van der Waals surface area (Å²) in [6, 6.07) is 15.3. The summed E-state index contributed by atoms with van der Waals surface area (Å²) in [5, 5.41) is 2.93. The number of nitrogens with one attached hydrogen (secondary N) is 1. The van der Waals surface area contributed by atoms with Crippen molar-refractivity contribution in [2.45, 2.75) is 34.6 Å². The van der Waals surface area contributed by atoms with Gasteiger partial charge in [0.1, 0.15) is 22.8 Å². The molecule has 3 aromatic carbocycles. The normalized spacial score (nSPS) is 13.8. The summed E-state index contributed by atoms with van der Waals surface area (Å²) in [4.78, 5) is 40.2. The van der Waals surface area contributed by atoms with Crippen LogP contribution in [0.1, 0.15) is 39.5 Å². The van der Waals surface area contributed by atoms with Crippen LogP contribution in [0.5, 0.6) is 17.2 Å². The average Bonchev–Trinajstić information content (AvgIpc) is 2.82. The number of hydrogen-bond acceptors (Lipinski definition) is 7. The second kappa shape index (κ2) is 10.1. The highest BCUT2D eigenvalue weighted by molar-refractivity contribution is 6.28. The van der Waals surface area contributed by atoms with E-state index in [4.69, 9.17) is 14.2 Å². The Morgan fingerprint density at radius 3 is 2.19 bits per heavy atom. The summed E-state index contributed by atoms with van der Waals surface area (Å²) >= 11 is 0. The molecule has 0 spiro atoms. The largest absolute Gasteiger partial charge is 0.494 e. The molecule has 0 radical (unpaired) electrons. The number of anilines is 1. The van der Waals surface area contributed by atoms with E-state index in [-0.39, 0.29) is 11.3 Å². The molecule has 7 nitrogen and oxygen atoms in total. The van der Waals surface area contributed by atoms with E-state index >= 15 is 0 Å². The maximum absolute atomic E-state index is 13.6. The molecule has 1 aliphatic heterocycles. The van der Waals surface area contributed by atoms with Crippen LogP contribution in [0.15, 0.2) is 65.9 Å². The van der Waals surface area contributed by atoms with Crippen LogP contribution in [-0.4, -0.2) is 24.3 Å². The van der Waals surface area contributed by atoms with Gasteiger partial charge in [0, 0.05) is 5.56 Å². The Hall–Kier alpha value is -4.39. The molecular formula is C29H27NO6. The standard InChI is InChI=1S/C29H27NO6/c1-6-34-21-10-8-20(9-11-21)26(31)24(28(32)36-27-18(4)13-17(3)14-19(27)5)25-29(33)35-23-12-7-16(2)15-22(23)30-25/h7-15,30H,6H2,1-5H3. The first-order valence-electron chi connectivity index (χ1n) is 11.6. The highest BCUT2D eigenvalue weighted by atomic mass is 16.5. The summed E-state index contributed by atoms with van der Waals surface area (Å²) < 4.78 is 16.6. The van der Waals surface area contributed by atoms with E-state index < -0.39 is 23.3 Å². The minimum Gasteiger partial charge on any atom is -0.494 e. The van der Waals surface area contributed by atoms with Gasteiger partial charge < -0.3 is 19.5 Å². The topological polar surface area (TPSA) is 90.9 Å². The van der Waals surface area contributed by atoms with Crippen molar-refractivity contribution in [2.75, 3.05) is 11.9 Å². The number of benzene rings is 3. The lowest BCUT2D eigenvalue weighted by Gasteiger charge is -2.22. The number of rotatable bonds is 6. The number of carbonyl (C=O) groups is 3. The zero-order valence-corrected chi connectivity index (χ0v) is 20.9. The van der Waals surface area contributed by atoms with Crippen molar-refractivity contribution in [3.05, 3.63) is 93.7 Å². The molecule has 7 heteroatoms. The monoisotopic (exact) mass is 485 g/mol. The van der Waals surface area contributed by atoms with E-state index in [0.29, 0.717) is 29.5 Å². The van der Waals surface area contributed by atoms with Crippen molar-refractivity contribution in [2.24, 2.45) is 0 Å². The van der Waals surface area contributed by atoms with Crippen molar-refractivity contribution >= 4 is 23.4 Å². The first-order valence-corrected chi connectivity index (χ1v) is 11.6. The SMILES string of the molecule is CCOc1ccc(C(=O)C(C(=O)Oc2c(C)cc(C)cc2C)=C2Nc3cc(C)ccc3OC2=O)cc1. The Bertz CT molecular complexity index is 1380. The molecule has 0 unspecified atom stereocenters. The van der Waals surface area contributed by atoms with Crippen LogP contribution in [0.4, 0.5) is 5.69 Å². The number of carbonyl (C=O) groups excluding carboxylic acids is 3. The van der Waals surface area contributed by atoms with Gasteiger partial charge >= 0.3 is 11.9 Å². The van der Waals surface area contributed by atoms with Crippen LogP contribution in [-0.2, 0) is 9.59 Å². The molecule has 184 valence electrons. The predicted octanol–water partition coefficient (Wildman–Crippen LogP) is 5.39. The van der Waals surface area contributed by atoms with Crippen LogP contribution >= 0.6 is 0 Å². The van der Waals surface area contributed by atoms with Crippen LogP contribution in [0.3, 0.4) is 0 Å². The lowest BCUT2D eigenvalue weighted by atomic mass is 10.00. The molecule has 0 aliphatic carbocycles. The number of esters is 2. The molecule has 36 heavy (non-hydrogen) atoms. The highest BCUT2D eigenvalue weighted by Crippen LogP contribution is 2.34. The third-order valence-electron chi connectivity index (χ3n) is 5.71. The zero-order chi connectivity index (χ0) is 26.0. The molecule has 3 aromatic rings. The molecular weight excluding hydrogens is 458 g/mol. The summed E-state index contributed by atoms with van der Waals surface area (Å²) in [7, 11) is 0. The maximum Gasteiger partial charge on any atom is 0.361 e. The number of fused-ring (bicyclic) bond motifs is 1. The first kappa shape index (κ1) is 24.7. The van der Waals surface area contributed by atoms with Gasteiger partial charge in [0.2, 0.25) is 5.78 Å². The summed E-state index contributed by atoms with van der Waals surface area (Å²) in [5.74, 6) is -1.27.